The number of aryl methyl sites for hydroxylation is 2. The minimum absolute atomic E-state index is 0.163. The first-order valence-electron chi connectivity index (χ1n) is 16.4. The Morgan fingerprint density at radius 3 is 1.08 bits per heavy atom. The zero-order valence-corrected chi connectivity index (χ0v) is 28.9. The molecule has 2 fully saturated rings. The maximum Gasteiger partial charge on any atom is 0.161 e. The van der Waals surface area contributed by atoms with Gasteiger partial charge in [0.1, 0.15) is 23.0 Å². The molecule has 2 aliphatic rings. The normalized spacial score (nSPS) is 15.5. The highest BCUT2D eigenvalue weighted by atomic mass is 32.2. The van der Waals surface area contributed by atoms with Crippen molar-refractivity contribution in [3.05, 3.63) is 70.8 Å². The van der Waals surface area contributed by atoms with Gasteiger partial charge in [0.25, 0.3) is 0 Å². The minimum Gasteiger partial charge on any atom is -0.508 e. The van der Waals surface area contributed by atoms with E-state index in [0.29, 0.717) is 23.3 Å². The van der Waals surface area contributed by atoms with Crippen LogP contribution in [0.3, 0.4) is 0 Å². The van der Waals surface area contributed by atoms with Gasteiger partial charge in [-0.25, -0.2) is 0 Å². The molecule has 48 heavy (non-hydrogen) atoms. The van der Waals surface area contributed by atoms with Gasteiger partial charge < -0.3 is 40.9 Å². The van der Waals surface area contributed by atoms with Crippen LogP contribution in [0.5, 0.6) is 46.0 Å². The molecule has 0 heterocycles. The lowest BCUT2D eigenvalue weighted by molar-refractivity contribution is 0.391. The van der Waals surface area contributed by atoms with Crippen molar-refractivity contribution in [3.63, 3.8) is 0 Å². The molecule has 0 aliphatic heterocycles. The highest BCUT2D eigenvalue weighted by molar-refractivity contribution is 7.99. The van der Waals surface area contributed by atoms with Gasteiger partial charge in [0, 0.05) is 34.1 Å². The van der Waals surface area contributed by atoms with Crippen LogP contribution in [0.1, 0.15) is 98.3 Å². The first-order chi connectivity index (χ1) is 22.9. The summed E-state index contributed by atoms with van der Waals surface area (Å²) in [5.41, 5.74) is 4.53. The molecule has 256 valence electrons. The molecule has 10 heteroatoms. The third-order valence-electron chi connectivity index (χ3n) is 9.30. The van der Waals surface area contributed by atoms with Crippen molar-refractivity contribution in [1.82, 2.24) is 0 Å². The van der Waals surface area contributed by atoms with E-state index in [0.717, 1.165) is 47.2 Å². The molecule has 6 rings (SSSR count). The van der Waals surface area contributed by atoms with Crippen molar-refractivity contribution in [3.8, 4) is 46.0 Å². The molecule has 0 saturated heterocycles. The monoisotopic (exact) mass is 692 g/mol. The van der Waals surface area contributed by atoms with E-state index in [1.165, 1.54) is 85.1 Å². The molecule has 4 aromatic carbocycles. The fraction of sp³-hybridized carbons (Fsp3) is 0.368. The van der Waals surface area contributed by atoms with Crippen LogP contribution in [0.25, 0.3) is 0 Å². The van der Waals surface area contributed by atoms with Gasteiger partial charge in [0.05, 0.1) is 9.79 Å². The molecule has 0 amide bonds. The van der Waals surface area contributed by atoms with Crippen molar-refractivity contribution >= 4 is 23.5 Å². The van der Waals surface area contributed by atoms with Crippen LogP contribution in [0.4, 0.5) is 0 Å². The summed E-state index contributed by atoms with van der Waals surface area (Å²) < 4.78 is 0. The number of phenolic OH excluding ortho intramolecular Hbond substituents is 8. The van der Waals surface area contributed by atoms with E-state index >= 15 is 0 Å². The number of benzene rings is 4. The Kier molecular flexibility index (Phi) is 11.4. The van der Waals surface area contributed by atoms with Gasteiger partial charge in [-0.05, 0) is 97.9 Å². The van der Waals surface area contributed by atoms with Crippen LogP contribution < -0.4 is 0 Å². The minimum atomic E-state index is -0.473. The Labute approximate surface area is 289 Å². The summed E-state index contributed by atoms with van der Waals surface area (Å²) >= 11 is 2.70. The molecular weight excluding hydrogens is 649 g/mol. The van der Waals surface area contributed by atoms with Crippen molar-refractivity contribution in [2.24, 2.45) is 0 Å². The van der Waals surface area contributed by atoms with Gasteiger partial charge in [-0.15, -0.1) is 0 Å². The van der Waals surface area contributed by atoms with Gasteiger partial charge in [0.2, 0.25) is 0 Å². The highest BCUT2D eigenvalue weighted by Gasteiger charge is 2.24. The second kappa shape index (κ2) is 15.5. The second-order valence-corrected chi connectivity index (χ2v) is 15.0. The van der Waals surface area contributed by atoms with Gasteiger partial charge in [0.15, 0.2) is 23.0 Å². The van der Waals surface area contributed by atoms with Gasteiger partial charge in [-0.3, -0.25) is 0 Å². The Morgan fingerprint density at radius 2 is 0.708 bits per heavy atom. The van der Waals surface area contributed by atoms with E-state index in [9.17, 15) is 40.9 Å². The fourth-order valence-electron chi connectivity index (χ4n) is 6.51. The number of rotatable bonds is 6. The summed E-state index contributed by atoms with van der Waals surface area (Å²) in [5.74, 6) is -0.457. The zero-order valence-electron chi connectivity index (χ0n) is 27.2. The molecule has 2 saturated carbocycles. The smallest absolute Gasteiger partial charge is 0.161 e. The number of hydrogen-bond acceptors (Lipinski definition) is 10. The van der Waals surface area contributed by atoms with Gasteiger partial charge in [-0.2, -0.15) is 0 Å². The number of hydrogen-bond donors (Lipinski definition) is 8. The molecule has 0 aromatic heterocycles. The Balaban J connectivity index is 0.000000206. The summed E-state index contributed by atoms with van der Waals surface area (Å²) in [4.78, 5) is 2.90. The average Bonchev–Trinajstić information content (AvgIpc) is 3.06. The largest absolute Gasteiger partial charge is 0.508 e. The van der Waals surface area contributed by atoms with Crippen LogP contribution in [0.15, 0.2) is 68.1 Å². The van der Waals surface area contributed by atoms with Crippen molar-refractivity contribution in [2.45, 2.75) is 109 Å². The van der Waals surface area contributed by atoms with E-state index in [-0.39, 0.29) is 21.3 Å². The number of aromatic hydroxyl groups is 8. The molecule has 8 N–H and O–H groups in total. The van der Waals surface area contributed by atoms with E-state index in [1.807, 2.05) is 37.7 Å². The molecule has 4 aromatic rings. The summed E-state index contributed by atoms with van der Waals surface area (Å²) in [7, 11) is 0. The quantitative estimate of drug-likeness (QED) is 0.0721. The number of phenols is 8. The third-order valence-corrected chi connectivity index (χ3v) is 11.5. The molecule has 0 radical (unpaired) electrons. The summed E-state index contributed by atoms with van der Waals surface area (Å²) in [6.45, 7) is 3.99. The summed E-state index contributed by atoms with van der Waals surface area (Å²) in [5, 5.41) is 77.1. The first-order valence-corrected chi connectivity index (χ1v) is 18.1. The van der Waals surface area contributed by atoms with Crippen LogP contribution in [-0.2, 0) is 0 Å². The molecule has 0 spiro atoms. The molecule has 2 aliphatic carbocycles. The Bertz CT molecular complexity index is 1630. The molecule has 0 unspecified atom stereocenters. The lowest BCUT2D eigenvalue weighted by Gasteiger charge is -2.27. The lowest BCUT2D eigenvalue weighted by atomic mass is 9.83. The lowest BCUT2D eigenvalue weighted by Crippen LogP contribution is -2.07. The van der Waals surface area contributed by atoms with Crippen molar-refractivity contribution < 1.29 is 40.9 Å². The van der Waals surface area contributed by atoms with Crippen LogP contribution in [0.2, 0.25) is 0 Å². The fourth-order valence-corrected chi connectivity index (χ4v) is 8.81. The topological polar surface area (TPSA) is 162 Å². The highest BCUT2D eigenvalue weighted by Crippen LogP contribution is 2.48. The van der Waals surface area contributed by atoms with Crippen LogP contribution in [-0.4, -0.2) is 40.9 Å². The van der Waals surface area contributed by atoms with Crippen LogP contribution >= 0.6 is 23.5 Å². The maximum atomic E-state index is 10.4. The SMILES string of the molecule is Cc1cc(Sc2cc(C)c(O)cc2C2CCCCC2)c(C2CCCCC2)cc1O.Oc1cc(O)c(Sc2cc(O)c(O)cc2O)cc1O. The molecule has 0 bridgehead atoms. The van der Waals surface area contributed by atoms with Gasteiger partial charge in [-0.1, -0.05) is 62.0 Å². The van der Waals surface area contributed by atoms with Gasteiger partial charge >= 0.3 is 0 Å². The first kappa shape index (κ1) is 35.3. The summed E-state index contributed by atoms with van der Waals surface area (Å²) in [6, 6.07) is 12.5. The summed E-state index contributed by atoms with van der Waals surface area (Å²) in [6.07, 6.45) is 12.7. The molecule has 0 atom stereocenters. The predicted octanol–water partition coefficient (Wildman–Crippen LogP) is 10.0. The van der Waals surface area contributed by atoms with Crippen molar-refractivity contribution in [1.29, 1.82) is 0 Å². The van der Waals surface area contributed by atoms with E-state index in [4.69, 9.17) is 0 Å². The third kappa shape index (κ3) is 8.33. The van der Waals surface area contributed by atoms with Crippen molar-refractivity contribution in [2.75, 3.05) is 0 Å². The Morgan fingerprint density at radius 1 is 0.375 bits per heavy atom. The predicted molar refractivity (Wildman–Crippen MR) is 188 cm³/mol. The van der Waals surface area contributed by atoms with E-state index < -0.39 is 23.0 Å². The Hall–Kier alpha value is -4.02. The van der Waals surface area contributed by atoms with Crippen LogP contribution in [0, 0.1) is 13.8 Å². The van der Waals surface area contributed by atoms with E-state index in [1.54, 1.807) is 0 Å². The maximum absolute atomic E-state index is 10.4. The average molecular weight is 693 g/mol. The zero-order chi connectivity index (χ0) is 34.5. The molecule has 8 nitrogen and oxygen atoms in total. The second-order valence-electron chi connectivity index (χ2n) is 12.8. The van der Waals surface area contributed by atoms with E-state index in [2.05, 4.69) is 12.1 Å². The molecular formula is C38H44O8S2. The standard InChI is InChI=1S/C26H34O2S.C12H10O6S/c1-17-13-25(21(15-23(17)27)19-9-5-3-6-10-19)29-26-14-18(2)24(28)16-22(26)20-11-7-4-8-12-20;13-5-1-9(17)11(3-7(5)15)19-12-4-8(16)6(14)2-10(12)18/h13-16,19-20,27-28H,3-12H2,1-2H3;1-4,13-18H.